The van der Waals surface area contributed by atoms with Gasteiger partial charge in [-0.05, 0) is 49.9 Å². The van der Waals surface area contributed by atoms with E-state index in [1.165, 1.54) is 4.40 Å². The van der Waals surface area contributed by atoms with Gasteiger partial charge in [0.15, 0.2) is 5.69 Å². The van der Waals surface area contributed by atoms with Crippen LogP contribution in [0.25, 0.3) is 11.3 Å². The molecular formula is C22H21F3N6O. The second-order valence-electron chi connectivity index (χ2n) is 8.04. The molecule has 2 N–H and O–H groups in total. The number of anilines is 1. The normalized spacial score (nSPS) is 19.3. The SMILES string of the molecule is O=C(NC1CCC(Nc2cccc3nc(C(F)(F)F)cn23)CC1)c1ccc2nccn2c1. The molecule has 7 nitrogen and oxygen atoms in total. The molecule has 10 heteroatoms. The van der Waals surface area contributed by atoms with E-state index in [0.29, 0.717) is 11.4 Å². The fourth-order valence-electron chi connectivity index (χ4n) is 4.18. The average molecular weight is 442 g/mol. The lowest BCUT2D eigenvalue weighted by molar-refractivity contribution is -0.140. The van der Waals surface area contributed by atoms with E-state index in [2.05, 4.69) is 20.6 Å². The first-order chi connectivity index (χ1) is 15.4. The van der Waals surface area contributed by atoms with Crippen LogP contribution >= 0.6 is 0 Å². The summed E-state index contributed by atoms with van der Waals surface area (Å²) in [6.07, 6.45) is 4.91. The smallest absolute Gasteiger partial charge is 0.368 e. The second kappa shape index (κ2) is 7.85. The van der Waals surface area contributed by atoms with Crippen molar-refractivity contribution in [3.63, 3.8) is 0 Å². The van der Waals surface area contributed by atoms with Crippen LogP contribution in [0.2, 0.25) is 0 Å². The lowest BCUT2D eigenvalue weighted by Gasteiger charge is -2.30. The average Bonchev–Trinajstić information content (AvgIpc) is 3.42. The molecule has 0 radical (unpaired) electrons. The lowest BCUT2D eigenvalue weighted by Crippen LogP contribution is -2.40. The molecule has 0 spiro atoms. The molecule has 4 heterocycles. The lowest BCUT2D eigenvalue weighted by atomic mass is 9.91. The van der Waals surface area contributed by atoms with E-state index in [0.717, 1.165) is 37.5 Å². The van der Waals surface area contributed by atoms with Crippen molar-refractivity contribution in [1.82, 2.24) is 24.1 Å². The Hall–Kier alpha value is -3.56. The number of pyridine rings is 2. The zero-order valence-electron chi connectivity index (χ0n) is 17.0. The van der Waals surface area contributed by atoms with Gasteiger partial charge >= 0.3 is 6.18 Å². The molecule has 1 amide bonds. The number of nitrogens with one attached hydrogen (secondary N) is 2. The molecule has 0 unspecified atom stereocenters. The van der Waals surface area contributed by atoms with Crippen molar-refractivity contribution in [3.05, 3.63) is 66.4 Å². The number of hydrogen-bond acceptors (Lipinski definition) is 4. The molecule has 5 rings (SSSR count). The number of hydrogen-bond donors (Lipinski definition) is 2. The van der Waals surface area contributed by atoms with Gasteiger partial charge in [0.2, 0.25) is 0 Å². The van der Waals surface area contributed by atoms with Gasteiger partial charge < -0.3 is 15.0 Å². The van der Waals surface area contributed by atoms with Crippen LogP contribution < -0.4 is 10.6 Å². The summed E-state index contributed by atoms with van der Waals surface area (Å²) in [4.78, 5) is 20.5. The fourth-order valence-corrected chi connectivity index (χ4v) is 4.18. The van der Waals surface area contributed by atoms with Crippen LogP contribution in [0, 0.1) is 0 Å². The number of fused-ring (bicyclic) bond motifs is 2. The van der Waals surface area contributed by atoms with Gasteiger partial charge in [-0.25, -0.2) is 9.97 Å². The number of imidazole rings is 2. The minimum Gasteiger partial charge on any atom is -0.368 e. The zero-order chi connectivity index (χ0) is 22.3. The highest BCUT2D eigenvalue weighted by Crippen LogP contribution is 2.30. The molecule has 0 aromatic carbocycles. The number of aromatic nitrogens is 4. The second-order valence-corrected chi connectivity index (χ2v) is 8.04. The summed E-state index contributed by atoms with van der Waals surface area (Å²) in [5, 5.41) is 6.43. The Morgan fingerprint density at radius 3 is 2.56 bits per heavy atom. The van der Waals surface area contributed by atoms with Gasteiger partial charge in [0, 0.05) is 36.9 Å². The number of rotatable bonds is 4. The molecule has 166 valence electrons. The topological polar surface area (TPSA) is 75.7 Å². The Balaban J connectivity index is 1.20. The van der Waals surface area contributed by atoms with Gasteiger partial charge in [-0.3, -0.25) is 9.20 Å². The molecule has 0 bridgehead atoms. The minimum absolute atomic E-state index is 0.0555. The summed E-state index contributed by atoms with van der Waals surface area (Å²) in [6.45, 7) is 0. The Morgan fingerprint density at radius 1 is 1.00 bits per heavy atom. The van der Waals surface area contributed by atoms with Crippen molar-refractivity contribution < 1.29 is 18.0 Å². The van der Waals surface area contributed by atoms with E-state index >= 15 is 0 Å². The van der Waals surface area contributed by atoms with Crippen LogP contribution in [0.4, 0.5) is 19.0 Å². The maximum atomic E-state index is 13.0. The zero-order valence-corrected chi connectivity index (χ0v) is 17.0. The monoisotopic (exact) mass is 442 g/mol. The van der Waals surface area contributed by atoms with Crippen LogP contribution in [0.5, 0.6) is 0 Å². The first-order valence-electron chi connectivity index (χ1n) is 10.4. The fraction of sp³-hybridized carbons (Fsp3) is 0.318. The molecule has 1 saturated carbocycles. The van der Waals surface area contributed by atoms with Crippen molar-refractivity contribution in [2.45, 2.75) is 43.9 Å². The summed E-state index contributed by atoms with van der Waals surface area (Å²) in [6, 6.07) is 8.70. The summed E-state index contributed by atoms with van der Waals surface area (Å²) in [5.74, 6) is 0.450. The molecular weight excluding hydrogens is 421 g/mol. The standard InChI is InChI=1S/C22H21F3N6O/c23-22(24,25)17-13-31-19(2-1-3-20(31)29-17)27-15-5-7-16(8-6-15)28-21(32)14-4-9-18-26-10-11-30(18)12-14/h1-4,9-13,15-16,27H,5-8H2,(H,28,32). The van der Waals surface area contributed by atoms with E-state index in [1.54, 1.807) is 53.3 Å². The predicted molar refractivity (Wildman–Crippen MR) is 113 cm³/mol. The van der Waals surface area contributed by atoms with Crippen LogP contribution in [0.3, 0.4) is 0 Å². The number of nitrogens with zero attached hydrogens (tertiary/aromatic N) is 4. The number of halogens is 3. The maximum absolute atomic E-state index is 13.0. The van der Waals surface area contributed by atoms with Crippen molar-refractivity contribution in [2.24, 2.45) is 0 Å². The number of amides is 1. The van der Waals surface area contributed by atoms with E-state index < -0.39 is 11.9 Å². The summed E-state index contributed by atoms with van der Waals surface area (Å²) in [7, 11) is 0. The molecule has 4 aromatic heterocycles. The molecule has 0 atom stereocenters. The molecule has 1 aliphatic carbocycles. The minimum atomic E-state index is -4.48. The highest BCUT2D eigenvalue weighted by Gasteiger charge is 2.34. The Kier molecular flexibility index (Phi) is 4.99. The van der Waals surface area contributed by atoms with Gasteiger partial charge in [-0.15, -0.1) is 0 Å². The first kappa shape index (κ1) is 20.3. The Morgan fingerprint density at radius 2 is 1.78 bits per heavy atom. The van der Waals surface area contributed by atoms with Gasteiger partial charge in [0.05, 0.1) is 5.56 Å². The predicted octanol–water partition coefficient (Wildman–Crippen LogP) is 4.15. The first-order valence-corrected chi connectivity index (χ1v) is 10.4. The summed E-state index contributed by atoms with van der Waals surface area (Å²) in [5.41, 5.74) is 0.691. The van der Waals surface area contributed by atoms with Crippen molar-refractivity contribution in [3.8, 4) is 0 Å². The van der Waals surface area contributed by atoms with E-state index in [1.807, 2.05) is 0 Å². The molecule has 0 aliphatic heterocycles. The van der Waals surface area contributed by atoms with Gasteiger partial charge in [0.25, 0.3) is 5.91 Å². The quantitative estimate of drug-likeness (QED) is 0.498. The largest absolute Gasteiger partial charge is 0.434 e. The van der Waals surface area contributed by atoms with Crippen molar-refractivity contribution >= 4 is 23.0 Å². The number of carbonyl (C=O) groups excluding carboxylic acids is 1. The molecule has 1 aliphatic rings. The van der Waals surface area contributed by atoms with Crippen LogP contribution in [-0.2, 0) is 6.18 Å². The van der Waals surface area contributed by atoms with Crippen molar-refractivity contribution in [2.75, 3.05) is 5.32 Å². The summed E-state index contributed by atoms with van der Waals surface area (Å²) < 4.78 is 42.3. The van der Waals surface area contributed by atoms with Gasteiger partial charge in [0.1, 0.15) is 17.1 Å². The third kappa shape index (κ3) is 4.00. The third-order valence-corrected chi connectivity index (χ3v) is 5.85. The van der Waals surface area contributed by atoms with Gasteiger partial charge in [-0.1, -0.05) is 6.07 Å². The summed E-state index contributed by atoms with van der Waals surface area (Å²) >= 11 is 0. The number of carbonyl (C=O) groups is 1. The van der Waals surface area contributed by atoms with Crippen LogP contribution in [0.15, 0.2) is 55.1 Å². The number of alkyl halides is 3. The third-order valence-electron chi connectivity index (χ3n) is 5.85. The Bertz CT molecular complexity index is 1270. The van der Waals surface area contributed by atoms with Crippen LogP contribution in [0.1, 0.15) is 41.7 Å². The van der Waals surface area contributed by atoms with Gasteiger partial charge in [-0.2, -0.15) is 13.2 Å². The highest BCUT2D eigenvalue weighted by atomic mass is 19.4. The van der Waals surface area contributed by atoms with E-state index in [-0.39, 0.29) is 23.6 Å². The van der Waals surface area contributed by atoms with E-state index in [9.17, 15) is 18.0 Å². The molecule has 1 fully saturated rings. The maximum Gasteiger partial charge on any atom is 0.434 e. The molecule has 4 aromatic rings. The Labute approximate surface area is 181 Å². The highest BCUT2D eigenvalue weighted by molar-refractivity contribution is 5.94. The molecule has 0 saturated heterocycles. The van der Waals surface area contributed by atoms with E-state index in [4.69, 9.17) is 0 Å². The van der Waals surface area contributed by atoms with Crippen LogP contribution in [-0.4, -0.2) is 36.8 Å². The molecule has 32 heavy (non-hydrogen) atoms. The van der Waals surface area contributed by atoms with Crippen molar-refractivity contribution in [1.29, 1.82) is 0 Å².